The van der Waals surface area contributed by atoms with Gasteiger partial charge in [-0.05, 0) is 87.2 Å². The summed E-state index contributed by atoms with van der Waals surface area (Å²) >= 11 is 0. The Morgan fingerprint density at radius 3 is 2.14 bits per heavy atom. The van der Waals surface area contributed by atoms with Gasteiger partial charge in [0.15, 0.2) is 0 Å². The van der Waals surface area contributed by atoms with E-state index in [1.54, 1.807) is 0 Å². The zero-order valence-electron chi connectivity index (χ0n) is 18.4. The summed E-state index contributed by atoms with van der Waals surface area (Å²) in [5.41, 5.74) is 11.3. The molecule has 1 atom stereocenters. The van der Waals surface area contributed by atoms with Gasteiger partial charge in [0.1, 0.15) is 0 Å². The SMILES string of the molecule is C/C=S(\C)C#Cc1cc2c3c(c1)C(C)(C)c1cccc4c(C)cc(c-3c14)C2(C)C. The van der Waals surface area contributed by atoms with E-state index in [-0.39, 0.29) is 21.3 Å². The van der Waals surface area contributed by atoms with Crippen molar-refractivity contribution in [2.45, 2.75) is 52.4 Å². The summed E-state index contributed by atoms with van der Waals surface area (Å²) in [6.45, 7) is 13.9. The number of aryl methyl sites for hydroxylation is 1. The van der Waals surface area contributed by atoms with Crippen molar-refractivity contribution in [2.24, 2.45) is 0 Å². The van der Waals surface area contributed by atoms with Crippen LogP contribution in [0.2, 0.25) is 0 Å². The highest BCUT2D eigenvalue weighted by atomic mass is 32.2. The van der Waals surface area contributed by atoms with Crippen LogP contribution in [0.3, 0.4) is 0 Å². The van der Waals surface area contributed by atoms with Gasteiger partial charge in [0.25, 0.3) is 0 Å². The Kier molecular flexibility index (Phi) is 3.78. The Balaban J connectivity index is 1.96. The van der Waals surface area contributed by atoms with Crippen molar-refractivity contribution in [2.75, 3.05) is 6.26 Å². The minimum atomic E-state index is -0.0372. The Morgan fingerprint density at radius 1 is 0.862 bits per heavy atom. The molecule has 0 nitrogen and oxygen atoms in total. The average molecular weight is 397 g/mol. The molecule has 0 saturated carbocycles. The first-order chi connectivity index (χ1) is 13.7. The fraction of sp³-hybridized carbons (Fsp3) is 0.321. The van der Waals surface area contributed by atoms with E-state index in [0.717, 1.165) is 5.56 Å². The molecule has 3 aromatic rings. The molecule has 0 amide bonds. The van der Waals surface area contributed by atoms with Crippen LogP contribution in [-0.4, -0.2) is 11.6 Å². The number of benzene rings is 3. The second-order valence-electron chi connectivity index (χ2n) is 9.56. The molecule has 0 fully saturated rings. The average Bonchev–Trinajstić information content (AvgIpc) is 2.91. The maximum atomic E-state index is 3.49. The van der Waals surface area contributed by atoms with Gasteiger partial charge in [-0.3, -0.25) is 0 Å². The Labute approximate surface area is 177 Å². The highest BCUT2D eigenvalue weighted by Gasteiger charge is 2.45. The van der Waals surface area contributed by atoms with Crippen molar-refractivity contribution < 1.29 is 0 Å². The Morgan fingerprint density at radius 2 is 1.48 bits per heavy atom. The number of rotatable bonds is 0. The lowest BCUT2D eigenvalue weighted by atomic mass is 9.68. The lowest BCUT2D eigenvalue weighted by Crippen LogP contribution is -2.24. The van der Waals surface area contributed by atoms with E-state index in [4.69, 9.17) is 0 Å². The molecule has 29 heavy (non-hydrogen) atoms. The monoisotopic (exact) mass is 396 g/mol. The van der Waals surface area contributed by atoms with E-state index in [0.29, 0.717) is 0 Å². The van der Waals surface area contributed by atoms with Crippen molar-refractivity contribution in [3.8, 4) is 22.3 Å². The predicted octanol–water partition coefficient (Wildman–Crippen LogP) is 7.12. The second-order valence-corrected chi connectivity index (χ2v) is 11.4. The van der Waals surface area contributed by atoms with Crippen molar-refractivity contribution in [3.63, 3.8) is 0 Å². The van der Waals surface area contributed by atoms with E-state index >= 15 is 0 Å². The fourth-order valence-corrected chi connectivity index (χ4v) is 5.78. The van der Waals surface area contributed by atoms with Crippen molar-refractivity contribution >= 4 is 26.6 Å². The van der Waals surface area contributed by atoms with Gasteiger partial charge in [0.2, 0.25) is 0 Å². The summed E-state index contributed by atoms with van der Waals surface area (Å²) in [7, 11) is 0.0369. The molecule has 1 unspecified atom stereocenters. The summed E-state index contributed by atoms with van der Waals surface area (Å²) in [5, 5.41) is 8.49. The molecule has 3 aromatic carbocycles. The van der Waals surface area contributed by atoms with Gasteiger partial charge in [-0.1, -0.05) is 63.2 Å². The molecule has 5 rings (SSSR count). The maximum absolute atomic E-state index is 3.49. The molecule has 1 heteroatoms. The van der Waals surface area contributed by atoms with Crippen LogP contribution >= 0.6 is 10.5 Å². The van der Waals surface area contributed by atoms with Crippen LogP contribution in [0.1, 0.15) is 68.0 Å². The first-order valence-corrected chi connectivity index (χ1v) is 12.1. The first kappa shape index (κ1) is 18.7. The van der Waals surface area contributed by atoms with Crippen LogP contribution in [-0.2, 0) is 10.8 Å². The lowest BCUT2D eigenvalue weighted by molar-refractivity contribution is 0.639. The number of hydrogen-bond acceptors (Lipinski definition) is 0. The van der Waals surface area contributed by atoms with E-state index in [9.17, 15) is 0 Å². The summed E-state index contributed by atoms with van der Waals surface area (Å²) in [5.74, 6) is 3.49. The van der Waals surface area contributed by atoms with Crippen LogP contribution in [0, 0.1) is 18.1 Å². The molecule has 0 saturated heterocycles. The number of hydrogen-bond donors (Lipinski definition) is 0. The zero-order chi connectivity index (χ0) is 20.7. The lowest BCUT2D eigenvalue weighted by Gasteiger charge is -2.35. The van der Waals surface area contributed by atoms with E-state index in [1.165, 1.54) is 49.7 Å². The zero-order valence-corrected chi connectivity index (χ0v) is 19.3. The predicted molar refractivity (Wildman–Crippen MR) is 131 cm³/mol. The molecule has 0 aliphatic heterocycles. The summed E-state index contributed by atoms with van der Waals surface area (Å²) in [4.78, 5) is 0. The Bertz CT molecular complexity index is 1320. The molecule has 146 valence electrons. The van der Waals surface area contributed by atoms with Gasteiger partial charge in [-0.25, -0.2) is 0 Å². The van der Waals surface area contributed by atoms with Crippen molar-refractivity contribution in [3.05, 3.63) is 69.8 Å². The fourth-order valence-electron chi connectivity index (χ4n) is 5.38. The highest BCUT2D eigenvalue weighted by Crippen LogP contribution is 2.59. The van der Waals surface area contributed by atoms with Crippen molar-refractivity contribution in [1.29, 1.82) is 0 Å². The minimum Gasteiger partial charge on any atom is -0.118 e. The molecular weight excluding hydrogens is 368 g/mol. The van der Waals surface area contributed by atoms with E-state index in [1.807, 2.05) is 0 Å². The molecule has 0 aromatic heterocycles. The standard InChI is InChI=1S/C28H28S/c1-8-29(7)13-12-18-15-22-25-23(16-18)28(5,6)21-14-17(2)19-10-9-11-20(27(22,3)4)24(19)26(21)25/h8-11,14-16H,1-7H3. The van der Waals surface area contributed by atoms with Crippen LogP contribution in [0.15, 0.2) is 36.4 Å². The van der Waals surface area contributed by atoms with Gasteiger partial charge in [0, 0.05) is 16.4 Å². The molecule has 2 aliphatic carbocycles. The van der Waals surface area contributed by atoms with Crippen LogP contribution in [0.25, 0.3) is 21.9 Å². The third-order valence-corrected chi connectivity index (χ3v) is 8.29. The summed E-state index contributed by atoms with van der Waals surface area (Å²) < 4.78 is 0. The molecule has 2 aliphatic rings. The van der Waals surface area contributed by atoms with Crippen LogP contribution < -0.4 is 0 Å². The molecule has 0 N–H and O–H groups in total. The Hall–Kier alpha value is -2.30. The molecule has 0 radical (unpaired) electrons. The maximum Gasteiger partial charge on any atom is 0.0260 e. The van der Waals surface area contributed by atoms with Gasteiger partial charge in [-0.15, -0.1) is 10.5 Å². The molecular formula is C28H28S. The van der Waals surface area contributed by atoms with Crippen LogP contribution in [0.4, 0.5) is 0 Å². The molecule has 0 heterocycles. The smallest absolute Gasteiger partial charge is 0.0260 e. The third-order valence-electron chi connectivity index (χ3n) is 7.16. The third kappa shape index (κ3) is 2.33. The van der Waals surface area contributed by atoms with E-state index < -0.39 is 0 Å². The highest BCUT2D eigenvalue weighted by molar-refractivity contribution is 8.18. The normalized spacial score (nSPS) is 17.9. The van der Waals surface area contributed by atoms with Crippen LogP contribution in [0.5, 0.6) is 0 Å². The van der Waals surface area contributed by atoms with Crippen molar-refractivity contribution in [1.82, 2.24) is 0 Å². The topological polar surface area (TPSA) is 0 Å². The first-order valence-electron chi connectivity index (χ1n) is 10.4. The van der Waals surface area contributed by atoms with E-state index in [2.05, 4.69) is 101 Å². The summed E-state index contributed by atoms with van der Waals surface area (Å²) in [6, 6.07) is 14.0. The van der Waals surface area contributed by atoms with Gasteiger partial charge < -0.3 is 0 Å². The molecule has 0 bridgehead atoms. The van der Waals surface area contributed by atoms with Gasteiger partial charge in [0.05, 0.1) is 0 Å². The van der Waals surface area contributed by atoms with Gasteiger partial charge in [-0.2, -0.15) is 0 Å². The minimum absolute atomic E-state index is 0.00558. The van der Waals surface area contributed by atoms with Gasteiger partial charge >= 0.3 is 0 Å². The summed E-state index contributed by atoms with van der Waals surface area (Å²) in [6.07, 6.45) is 2.18. The molecule has 0 spiro atoms. The second kappa shape index (κ2) is 5.87. The quantitative estimate of drug-likeness (QED) is 0.280. The largest absolute Gasteiger partial charge is 0.118 e.